The standard InChI is InChI=1S/C19H28N2O6/c1-3-24-17(16(20)18(22)25-4-2)15-12-21(10-11-26-15)19(23)27-13-14-8-6-5-7-9-14/h5-9,15-17H,3-4,10-13,20H2,1-2H3/t15-,16+,17-/m1/s1. The topological polar surface area (TPSA) is 100 Å². The minimum absolute atomic E-state index is 0.193. The smallest absolute Gasteiger partial charge is 0.410 e. The molecule has 1 aromatic rings. The largest absolute Gasteiger partial charge is 0.465 e. The Hall–Kier alpha value is -2.16. The third kappa shape index (κ3) is 6.20. The van der Waals surface area contributed by atoms with E-state index in [9.17, 15) is 9.59 Å². The molecule has 8 heteroatoms. The first-order valence-electron chi connectivity index (χ1n) is 9.17. The normalized spacial score (nSPS) is 19.2. The first-order valence-corrected chi connectivity index (χ1v) is 9.17. The van der Waals surface area contributed by atoms with E-state index in [4.69, 9.17) is 24.7 Å². The Balaban J connectivity index is 1.95. The molecule has 1 aliphatic rings. The van der Waals surface area contributed by atoms with E-state index in [-0.39, 0.29) is 19.8 Å². The summed E-state index contributed by atoms with van der Waals surface area (Å²) < 4.78 is 21.7. The van der Waals surface area contributed by atoms with Crippen LogP contribution in [-0.2, 0) is 30.3 Å². The van der Waals surface area contributed by atoms with Crippen LogP contribution in [0.4, 0.5) is 4.79 Å². The Bertz CT molecular complexity index is 597. The molecule has 0 unspecified atom stereocenters. The van der Waals surface area contributed by atoms with Crippen LogP contribution in [0.25, 0.3) is 0 Å². The van der Waals surface area contributed by atoms with Gasteiger partial charge in [-0.3, -0.25) is 4.79 Å². The number of morpholine rings is 1. The number of rotatable bonds is 8. The number of hydrogen-bond acceptors (Lipinski definition) is 7. The van der Waals surface area contributed by atoms with Gasteiger partial charge < -0.3 is 29.6 Å². The molecule has 0 saturated carbocycles. The fourth-order valence-corrected chi connectivity index (χ4v) is 2.86. The summed E-state index contributed by atoms with van der Waals surface area (Å²) in [4.78, 5) is 25.9. The maximum atomic E-state index is 12.4. The van der Waals surface area contributed by atoms with Gasteiger partial charge in [0.05, 0.1) is 19.8 Å². The summed E-state index contributed by atoms with van der Waals surface area (Å²) in [5.41, 5.74) is 6.92. The third-order valence-corrected chi connectivity index (χ3v) is 4.20. The molecule has 1 aliphatic heterocycles. The molecule has 1 fully saturated rings. The molecule has 1 amide bonds. The van der Waals surface area contributed by atoms with Crippen molar-refractivity contribution < 1.29 is 28.5 Å². The molecule has 0 bridgehead atoms. The predicted octanol–water partition coefficient (Wildman–Crippen LogP) is 1.32. The Kier molecular flexibility index (Phi) is 8.50. The van der Waals surface area contributed by atoms with Gasteiger partial charge in [0.2, 0.25) is 0 Å². The molecule has 1 saturated heterocycles. The Morgan fingerprint density at radius 3 is 2.63 bits per heavy atom. The molecule has 8 nitrogen and oxygen atoms in total. The Labute approximate surface area is 159 Å². The number of carbonyl (C=O) groups excluding carboxylic acids is 2. The van der Waals surface area contributed by atoms with Crippen LogP contribution in [0.15, 0.2) is 30.3 Å². The number of esters is 1. The second-order valence-electron chi connectivity index (χ2n) is 6.09. The first kappa shape index (κ1) is 21.1. The molecular weight excluding hydrogens is 352 g/mol. The quantitative estimate of drug-likeness (QED) is 0.679. The van der Waals surface area contributed by atoms with E-state index in [2.05, 4.69) is 0 Å². The molecule has 0 radical (unpaired) electrons. The molecule has 2 N–H and O–H groups in total. The molecule has 150 valence electrons. The van der Waals surface area contributed by atoms with Crippen LogP contribution in [0.1, 0.15) is 19.4 Å². The maximum Gasteiger partial charge on any atom is 0.410 e. The average molecular weight is 380 g/mol. The number of amides is 1. The highest BCUT2D eigenvalue weighted by atomic mass is 16.6. The SMILES string of the molecule is CCOC(=O)[C@@H](N)[C@H](OCC)[C@H]1CN(C(=O)OCc2ccccc2)CCO1. The van der Waals surface area contributed by atoms with Crippen molar-refractivity contribution in [3.63, 3.8) is 0 Å². The zero-order valence-corrected chi connectivity index (χ0v) is 15.8. The van der Waals surface area contributed by atoms with Gasteiger partial charge in [0.15, 0.2) is 0 Å². The number of carbonyl (C=O) groups is 2. The summed E-state index contributed by atoms with van der Waals surface area (Å²) in [6, 6.07) is 8.46. The minimum Gasteiger partial charge on any atom is -0.465 e. The van der Waals surface area contributed by atoms with Crippen LogP contribution < -0.4 is 5.73 Å². The number of nitrogens with two attached hydrogens (primary N) is 1. The summed E-state index contributed by atoms with van der Waals surface area (Å²) in [7, 11) is 0. The van der Waals surface area contributed by atoms with Crippen molar-refractivity contribution in [1.82, 2.24) is 4.90 Å². The van der Waals surface area contributed by atoms with Crippen LogP contribution >= 0.6 is 0 Å². The molecule has 2 rings (SSSR count). The second kappa shape index (κ2) is 10.9. The van der Waals surface area contributed by atoms with Gasteiger partial charge >= 0.3 is 12.1 Å². The molecular formula is C19H28N2O6. The van der Waals surface area contributed by atoms with Gasteiger partial charge in [0.25, 0.3) is 0 Å². The zero-order valence-electron chi connectivity index (χ0n) is 15.8. The maximum absolute atomic E-state index is 12.4. The van der Waals surface area contributed by atoms with Crippen molar-refractivity contribution >= 4 is 12.1 Å². The zero-order chi connectivity index (χ0) is 19.6. The van der Waals surface area contributed by atoms with Crippen molar-refractivity contribution in [1.29, 1.82) is 0 Å². The molecule has 1 aromatic carbocycles. The Morgan fingerprint density at radius 2 is 1.96 bits per heavy atom. The summed E-state index contributed by atoms with van der Waals surface area (Å²) in [5.74, 6) is -0.552. The highest BCUT2D eigenvalue weighted by Gasteiger charge is 2.38. The van der Waals surface area contributed by atoms with Gasteiger partial charge in [-0.25, -0.2) is 4.79 Å². The van der Waals surface area contributed by atoms with E-state index in [0.29, 0.717) is 19.8 Å². The lowest BCUT2D eigenvalue weighted by Gasteiger charge is -2.37. The molecule has 27 heavy (non-hydrogen) atoms. The number of hydrogen-bond donors (Lipinski definition) is 1. The van der Waals surface area contributed by atoms with Gasteiger partial charge in [-0.05, 0) is 19.4 Å². The van der Waals surface area contributed by atoms with E-state index >= 15 is 0 Å². The number of benzene rings is 1. The van der Waals surface area contributed by atoms with Crippen molar-refractivity contribution in [3.8, 4) is 0 Å². The summed E-state index contributed by atoms with van der Waals surface area (Å²) in [6.45, 7) is 5.23. The van der Waals surface area contributed by atoms with Crippen molar-refractivity contribution in [2.45, 2.75) is 38.7 Å². The summed E-state index contributed by atoms with van der Waals surface area (Å²) in [5, 5.41) is 0. The fraction of sp³-hybridized carbons (Fsp3) is 0.579. The van der Waals surface area contributed by atoms with Gasteiger partial charge in [-0.2, -0.15) is 0 Å². The van der Waals surface area contributed by atoms with Crippen molar-refractivity contribution in [3.05, 3.63) is 35.9 Å². The fourth-order valence-electron chi connectivity index (χ4n) is 2.86. The van der Waals surface area contributed by atoms with Crippen LogP contribution in [0.2, 0.25) is 0 Å². The minimum atomic E-state index is -0.991. The van der Waals surface area contributed by atoms with E-state index < -0.39 is 30.3 Å². The van der Waals surface area contributed by atoms with Crippen molar-refractivity contribution in [2.24, 2.45) is 5.73 Å². The van der Waals surface area contributed by atoms with Gasteiger partial charge in [0.1, 0.15) is 24.9 Å². The molecule has 0 aromatic heterocycles. The van der Waals surface area contributed by atoms with E-state index in [1.165, 1.54) is 0 Å². The highest BCUT2D eigenvalue weighted by molar-refractivity contribution is 5.76. The highest BCUT2D eigenvalue weighted by Crippen LogP contribution is 2.16. The molecule has 0 aliphatic carbocycles. The average Bonchev–Trinajstić information content (AvgIpc) is 2.70. The number of ether oxygens (including phenoxy) is 4. The second-order valence-corrected chi connectivity index (χ2v) is 6.09. The van der Waals surface area contributed by atoms with Crippen LogP contribution in [0.5, 0.6) is 0 Å². The van der Waals surface area contributed by atoms with Gasteiger partial charge in [0, 0.05) is 13.2 Å². The lowest BCUT2D eigenvalue weighted by Crippen LogP contribution is -2.57. The Morgan fingerprint density at radius 1 is 1.22 bits per heavy atom. The van der Waals surface area contributed by atoms with Crippen LogP contribution in [0, 0.1) is 0 Å². The molecule has 1 heterocycles. The van der Waals surface area contributed by atoms with E-state index in [0.717, 1.165) is 5.56 Å². The first-order chi connectivity index (χ1) is 13.1. The molecule has 3 atom stereocenters. The predicted molar refractivity (Wildman–Crippen MR) is 98.0 cm³/mol. The van der Waals surface area contributed by atoms with Gasteiger partial charge in [-0.1, -0.05) is 30.3 Å². The van der Waals surface area contributed by atoms with E-state index in [1.807, 2.05) is 30.3 Å². The lowest BCUT2D eigenvalue weighted by molar-refractivity contribution is -0.157. The van der Waals surface area contributed by atoms with Crippen LogP contribution in [-0.4, -0.2) is 68.1 Å². The molecule has 0 spiro atoms. The lowest BCUT2D eigenvalue weighted by atomic mass is 10.0. The summed E-state index contributed by atoms with van der Waals surface area (Å²) >= 11 is 0. The number of nitrogens with zero attached hydrogens (tertiary/aromatic N) is 1. The summed E-state index contributed by atoms with van der Waals surface area (Å²) in [6.07, 6.45) is -1.69. The van der Waals surface area contributed by atoms with E-state index in [1.54, 1.807) is 18.7 Å². The monoisotopic (exact) mass is 380 g/mol. The van der Waals surface area contributed by atoms with Gasteiger partial charge in [-0.15, -0.1) is 0 Å². The van der Waals surface area contributed by atoms with Crippen LogP contribution in [0.3, 0.4) is 0 Å². The van der Waals surface area contributed by atoms with Crippen molar-refractivity contribution in [2.75, 3.05) is 32.9 Å². The third-order valence-electron chi connectivity index (χ3n) is 4.20.